The lowest BCUT2D eigenvalue weighted by Gasteiger charge is -2.17. The molecule has 0 aliphatic rings. The summed E-state index contributed by atoms with van der Waals surface area (Å²) in [6, 6.07) is 18.5. The predicted octanol–water partition coefficient (Wildman–Crippen LogP) is 5.32. The van der Waals surface area contributed by atoms with Crippen LogP contribution >= 0.6 is 11.3 Å². The van der Waals surface area contributed by atoms with Crippen LogP contribution in [0, 0.1) is 6.92 Å². The first kappa shape index (κ1) is 17.2. The van der Waals surface area contributed by atoms with Gasteiger partial charge in [-0.15, -0.1) is 11.3 Å². The molecule has 2 heterocycles. The van der Waals surface area contributed by atoms with E-state index in [9.17, 15) is 9.59 Å². The molecule has 4 aromatic rings. The van der Waals surface area contributed by atoms with E-state index >= 15 is 0 Å². The van der Waals surface area contributed by atoms with Crippen molar-refractivity contribution in [1.82, 2.24) is 4.98 Å². The molecule has 5 heteroatoms. The van der Waals surface area contributed by atoms with Gasteiger partial charge in [0.1, 0.15) is 4.88 Å². The van der Waals surface area contributed by atoms with Gasteiger partial charge in [0.05, 0.1) is 0 Å². The van der Waals surface area contributed by atoms with Gasteiger partial charge in [-0.3, -0.25) is 4.79 Å². The van der Waals surface area contributed by atoms with E-state index in [0.717, 1.165) is 16.5 Å². The highest BCUT2D eigenvalue weighted by molar-refractivity contribution is 7.12. The van der Waals surface area contributed by atoms with Crippen LogP contribution in [-0.4, -0.2) is 16.7 Å². The summed E-state index contributed by atoms with van der Waals surface area (Å²) < 4.78 is 5.70. The standard InChI is InChI=1S/C22H17NO3S/c1-14-11-12-27-21(14)22(25)26-20(15-7-3-2-4-8-15)19(24)17-13-23-18-10-6-5-9-16(17)18/h2-13,20,23H,1H3/t20-/m1/s1. The van der Waals surface area contributed by atoms with Crippen molar-refractivity contribution >= 4 is 34.0 Å². The second kappa shape index (κ2) is 7.21. The maximum atomic E-state index is 13.3. The third kappa shape index (κ3) is 3.29. The van der Waals surface area contributed by atoms with E-state index in [0.29, 0.717) is 16.0 Å². The number of Topliss-reactive ketones (excluding diaryl/α,β-unsaturated/α-hetero) is 1. The highest BCUT2D eigenvalue weighted by atomic mass is 32.1. The first-order chi connectivity index (χ1) is 13.1. The summed E-state index contributed by atoms with van der Waals surface area (Å²) >= 11 is 1.31. The summed E-state index contributed by atoms with van der Waals surface area (Å²) in [6.45, 7) is 1.85. The number of carbonyl (C=O) groups is 2. The van der Waals surface area contributed by atoms with Crippen LogP contribution < -0.4 is 0 Å². The summed E-state index contributed by atoms with van der Waals surface area (Å²) in [5.41, 5.74) is 2.87. The zero-order valence-electron chi connectivity index (χ0n) is 14.6. The summed E-state index contributed by atoms with van der Waals surface area (Å²) in [6.07, 6.45) is 0.673. The van der Waals surface area contributed by atoms with Crippen LogP contribution in [0.5, 0.6) is 0 Å². The van der Waals surface area contributed by atoms with Crippen LogP contribution in [0.15, 0.2) is 72.2 Å². The summed E-state index contributed by atoms with van der Waals surface area (Å²) in [4.78, 5) is 29.6. The molecule has 0 amide bonds. The number of esters is 1. The van der Waals surface area contributed by atoms with Gasteiger partial charge in [-0.2, -0.15) is 0 Å². The molecule has 0 radical (unpaired) electrons. The third-order valence-corrected chi connectivity index (χ3v) is 5.46. The molecule has 27 heavy (non-hydrogen) atoms. The number of aromatic nitrogens is 1. The number of para-hydroxylation sites is 1. The van der Waals surface area contributed by atoms with Crippen molar-refractivity contribution in [1.29, 1.82) is 0 Å². The van der Waals surface area contributed by atoms with Gasteiger partial charge in [0.25, 0.3) is 0 Å². The molecule has 0 fully saturated rings. The van der Waals surface area contributed by atoms with Crippen molar-refractivity contribution in [2.75, 3.05) is 0 Å². The van der Waals surface area contributed by atoms with E-state index in [4.69, 9.17) is 4.74 Å². The lowest BCUT2D eigenvalue weighted by molar-refractivity contribution is 0.0285. The molecule has 1 N–H and O–H groups in total. The van der Waals surface area contributed by atoms with Gasteiger partial charge in [-0.25, -0.2) is 4.79 Å². The van der Waals surface area contributed by atoms with E-state index in [1.807, 2.05) is 60.8 Å². The minimum Gasteiger partial charge on any atom is -0.445 e. The number of nitrogens with one attached hydrogen (secondary N) is 1. The van der Waals surface area contributed by atoms with Crippen molar-refractivity contribution in [2.45, 2.75) is 13.0 Å². The number of H-pyrrole nitrogens is 1. The highest BCUT2D eigenvalue weighted by Gasteiger charge is 2.29. The molecular formula is C22H17NO3S. The van der Waals surface area contributed by atoms with Crippen LogP contribution in [0.1, 0.15) is 37.3 Å². The average Bonchev–Trinajstić information content (AvgIpc) is 3.32. The van der Waals surface area contributed by atoms with Gasteiger partial charge < -0.3 is 9.72 Å². The number of ether oxygens (including phenoxy) is 1. The lowest BCUT2D eigenvalue weighted by Crippen LogP contribution is -2.20. The second-order valence-corrected chi connectivity index (χ2v) is 7.16. The molecule has 2 aromatic carbocycles. The fraction of sp³-hybridized carbons (Fsp3) is 0.0909. The van der Waals surface area contributed by atoms with Crippen molar-refractivity contribution in [3.05, 3.63) is 93.8 Å². The Balaban J connectivity index is 1.73. The Labute approximate surface area is 160 Å². The molecule has 0 saturated heterocycles. The monoisotopic (exact) mass is 375 g/mol. The summed E-state index contributed by atoms with van der Waals surface area (Å²) in [5, 5.41) is 2.65. The number of aryl methyl sites for hydroxylation is 1. The first-order valence-corrected chi connectivity index (χ1v) is 9.43. The molecule has 0 spiro atoms. The van der Waals surface area contributed by atoms with Crippen LogP contribution in [0.25, 0.3) is 10.9 Å². The minimum atomic E-state index is -1.00. The molecule has 1 atom stereocenters. The van der Waals surface area contributed by atoms with Gasteiger partial charge in [-0.05, 0) is 30.0 Å². The van der Waals surface area contributed by atoms with Gasteiger partial charge in [0.15, 0.2) is 6.10 Å². The van der Waals surface area contributed by atoms with E-state index in [-0.39, 0.29) is 5.78 Å². The molecule has 4 nitrogen and oxygen atoms in total. The zero-order valence-corrected chi connectivity index (χ0v) is 15.5. The number of carbonyl (C=O) groups excluding carboxylic acids is 2. The van der Waals surface area contributed by atoms with Crippen LogP contribution in [-0.2, 0) is 4.74 Å². The van der Waals surface area contributed by atoms with Crippen molar-refractivity contribution in [3.8, 4) is 0 Å². The predicted molar refractivity (Wildman–Crippen MR) is 106 cm³/mol. The molecule has 4 rings (SSSR count). The topological polar surface area (TPSA) is 59.2 Å². The maximum Gasteiger partial charge on any atom is 0.349 e. The smallest absolute Gasteiger partial charge is 0.349 e. The van der Waals surface area contributed by atoms with E-state index in [2.05, 4.69) is 4.98 Å². The maximum absolute atomic E-state index is 13.3. The molecule has 0 saturated carbocycles. The van der Waals surface area contributed by atoms with E-state index in [1.165, 1.54) is 11.3 Å². The number of thiophene rings is 1. The summed E-state index contributed by atoms with van der Waals surface area (Å²) in [5.74, 6) is -0.731. The van der Waals surface area contributed by atoms with Gasteiger partial charge >= 0.3 is 5.97 Å². The third-order valence-electron chi connectivity index (χ3n) is 4.47. The normalized spacial score (nSPS) is 12.0. The Morgan fingerprint density at radius 2 is 1.74 bits per heavy atom. The number of rotatable bonds is 5. The molecule has 134 valence electrons. The SMILES string of the molecule is Cc1ccsc1C(=O)O[C@@H](C(=O)c1c[nH]c2ccccc12)c1ccccc1. The molecule has 0 unspecified atom stereocenters. The Kier molecular flexibility index (Phi) is 4.60. The average molecular weight is 375 g/mol. The number of hydrogen-bond donors (Lipinski definition) is 1. The van der Waals surface area contributed by atoms with Crippen molar-refractivity contribution in [3.63, 3.8) is 0 Å². The van der Waals surface area contributed by atoms with Crippen LogP contribution in [0.2, 0.25) is 0 Å². The van der Waals surface area contributed by atoms with Crippen molar-refractivity contribution < 1.29 is 14.3 Å². The van der Waals surface area contributed by atoms with E-state index < -0.39 is 12.1 Å². The molecular weight excluding hydrogens is 358 g/mol. The molecule has 2 aromatic heterocycles. The zero-order chi connectivity index (χ0) is 18.8. The Morgan fingerprint density at radius 3 is 2.48 bits per heavy atom. The number of benzene rings is 2. The van der Waals surface area contributed by atoms with Gasteiger partial charge in [0, 0.05) is 28.2 Å². The highest BCUT2D eigenvalue weighted by Crippen LogP contribution is 2.29. The number of fused-ring (bicyclic) bond motifs is 1. The first-order valence-electron chi connectivity index (χ1n) is 8.55. The quantitative estimate of drug-likeness (QED) is 0.379. The van der Waals surface area contributed by atoms with Gasteiger partial charge in [-0.1, -0.05) is 48.5 Å². The minimum absolute atomic E-state index is 0.249. The summed E-state index contributed by atoms with van der Waals surface area (Å²) in [7, 11) is 0. The second-order valence-electron chi connectivity index (χ2n) is 6.24. The van der Waals surface area contributed by atoms with Crippen LogP contribution in [0.3, 0.4) is 0 Å². The lowest BCUT2D eigenvalue weighted by atomic mass is 9.99. The number of hydrogen-bond acceptors (Lipinski definition) is 4. The van der Waals surface area contributed by atoms with Crippen molar-refractivity contribution in [2.24, 2.45) is 0 Å². The molecule has 0 aliphatic carbocycles. The Morgan fingerprint density at radius 1 is 1.00 bits per heavy atom. The fourth-order valence-corrected chi connectivity index (χ4v) is 3.87. The Bertz CT molecular complexity index is 1110. The molecule has 0 aliphatic heterocycles. The fourth-order valence-electron chi connectivity index (χ4n) is 3.06. The number of aromatic amines is 1. The van der Waals surface area contributed by atoms with Crippen LogP contribution in [0.4, 0.5) is 0 Å². The Hall–Kier alpha value is -3.18. The van der Waals surface area contributed by atoms with Gasteiger partial charge in [0.2, 0.25) is 5.78 Å². The largest absolute Gasteiger partial charge is 0.445 e. The molecule has 0 bridgehead atoms. The van der Waals surface area contributed by atoms with E-state index in [1.54, 1.807) is 18.3 Å². The number of ketones is 1.